The van der Waals surface area contributed by atoms with E-state index in [1.54, 1.807) is 24.3 Å². The van der Waals surface area contributed by atoms with Gasteiger partial charge in [-0.05, 0) is 54.8 Å². The summed E-state index contributed by atoms with van der Waals surface area (Å²) in [6.07, 6.45) is 1.54. The van der Waals surface area contributed by atoms with Crippen LogP contribution in [-0.4, -0.2) is 5.91 Å². The molecule has 0 radical (unpaired) electrons. The van der Waals surface area contributed by atoms with Crippen LogP contribution in [0.15, 0.2) is 48.0 Å². The molecule has 1 amide bonds. The van der Waals surface area contributed by atoms with E-state index >= 15 is 0 Å². The summed E-state index contributed by atoms with van der Waals surface area (Å²) in [5.41, 5.74) is 3.57. The Balaban J connectivity index is 2.24. The number of benzene rings is 2. The average Bonchev–Trinajstić information content (AvgIpc) is 2.51. The Hall–Kier alpha value is -2.57. The Bertz CT molecular complexity index is 771. The fraction of sp³-hybridized carbons (Fsp3) is 0.111. The van der Waals surface area contributed by atoms with Crippen molar-refractivity contribution in [1.29, 1.82) is 5.26 Å². The molecule has 0 aliphatic carbocycles. The van der Waals surface area contributed by atoms with Crippen molar-refractivity contribution in [1.82, 2.24) is 0 Å². The molecular weight excluding hydrogens is 296 g/mol. The van der Waals surface area contributed by atoms with Crippen molar-refractivity contribution in [3.05, 3.63) is 69.8 Å². The molecule has 0 heterocycles. The van der Waals surface area contributed by atoms with E-state index in [0.29, 0.717) is 10.7 Å². The molecule has 0 saturated carbocycles. The van der Waals surface area contributed by atoms with Crippen molar-refractivity contribution in [2.45, 2.75) is 13.8 Å². The van der Waals surface area contributed by atoms with Gasteiger partial charge in [0.1, 0.15) is 11.6 Å². The Morgan fingerprint density at radius 3 is 2.50 bits per heavy atom. The molecule has 3 nitrogen and oxygen atoms in total. The third-order valence-electron chi connectivity index (χ3n) is 3.40. The summed E-state index contributed by atoms with van der Waals surface area (Å²) < 4.78 is 0. The number of nitrogens with one attached hydrogen (secondary N) is 1. The number of hydrogen-bond donors (Lipinski definition) is 1. The molecule has 0 saturated heterocycles. The lowest BCUT2D eigenvalue weighted by atomic mass is 10.1. The summed E-state index contributed by atoms with van der Waals surface area (Å²) in [5, 5.41) is 12.6. The molecule has 0 aliphatic rings. The zero-order valence-corrected chi connectivity index (χ0v) is 13.1. The number of nitrogens with zero attached hydrogens (tertiary/aromatic N) is 1. The molecule has 110 valence electrons. The quantitative estimate of drug-likeness (QED) is 0.670. The topological polar surface area (TPSA) is 52.9 Å². The number of anilines is 1. The molecule has 0 aliphatic heterocycles. The molecule has 0 unspecified atom stereocenters. The average molecular weight is 311 g/mol. The zero-order valence-electron chi connectivity index (χ0n) is 12.4. The van der Waals surface area contributed by atoms with Gasteiger partial charge in [0.2, 0.25) is 0 Å². The van der Waals surface area contributed by atoms with Crippen LogP contribution in [0.5, 0.6) is 0 Å². The fourth-order valence-corrected chi connectivity index (χ4v) is 2.08. The first-order valence-corrected chi connectivity index (χ1v) is 7.14. The standard InChI is InChI=1S/C18H15ClN2O/c1-12-4-3-5-17(13(12)2)21-18(22)15(11-20)10-14-6-8-16(19)9-7-14/h3-10H,1-2H3,(H,21,22)/b15-10+. The Morgan fingerprint density at radius 2 is 1.86 bits per heavy atom. The van der Waals surface area contributed by atoms with Gasteiger partial charge in [-0.25, -0.2) is 0 Å². The van der Waals surface area contributed by atoms with Crippen LogP contribution >= 0.6 is 11.6 Å². The van der Waals surface area contributed by atoms with Crippen LogP contribution in [0, 0.1) is 25.2 Å². The van der Waals surface area contributed by atoms with Crippen LogP contribution in [0.2, 0.25) is 5.02 Å². The molecule has 0 atom stereocenters. The van der Waals surface area contributed by atoms with Crippen LogP contribution in [-0.2, 0) is 4.79 Å². The smallest absolute Gasteiger partial charge is 0.266 e. The molecule has 4 heteroatoms. The van der Waals surface area contributed by atoms with Gasteiger partial charge >= 0.3 is 0 Å². The van der Waals surface area contributed by atoms with Gasteiger partial charge < -0.3 is 5.32 Å². The maximum absolute atomic E-state index is 12.3. The first-order valence-electron chi connectivity index (χ1n) is 6.76. The summed E-state index contributed by atoms with van der Waals surface area (Å²) in [6.45, 7) is 3.90. The van der Waals surface area contributed by atoms with Crippen LogP contribution in [0.25, 0.3) is 6.08 Å². The fourth-order valence-electron chi connectivity index (χ4n) is 1.95. The van der Waals surface area contributed by atoms with Gasteiger partial charge in [0.25, 0.3) is 5.91 Å². The summed E-state index contributed by atoms with van der Waals surface area (Å²) in [7, 11) is 0. The molecule has 0 bridgehead atoms. The normalized spacial score (nSPS) is 10.9. The second-order valence-electron chi connectivity index (χ2n) is 4.92. The number of rotatable bonds is 3. The Labute approximate surface area is 134 Å². The van der Waals surface area contributed by atoms with E-state index in [0.717, 1.165) is 16.7 Å². The molecule has 1 N–H and O–H groups in total. The second kappa shape index (κ2) is 6.93. The third-order valence-corrected chi connectivity index (χ3v) is 3.65. The van der Waals surface area contributed by atoms with E-state index < -0.39 is 5.91 Å². The monoisotopic (exact) mass is 310 g/mol. The Kier molecular flexibility index (Phi) is 4.98. The summed E-state index contributed by atoms with van der Waals surface area (Å²) >= 11 is 5.82. The minimum atomic E-state index is -0.425. The lowest BCUT2D eigenvalue weighted by Gasteiger charge is -2.09. The lowest BCUT2D eigenvalue weighted by molar-refractivity contribution is -0.112. The number of hydrogen-bond acceptors (Lipinski definition) is 2. The maximum Gasteiger partial charge on any atom is 0.266 e. The highest BCUT2D eigenvalue weighted by Crippen LogP contribution is 2.19. The van der Waals surface area contributed by atoms with Crippen molar-refractivity contribution < 1.29 is 4.79 Å². The van der Waals surface area contributed by atoms with Crippen molar-refractivity contribution in [2.24, 2.45) is 0 Å². The molecule has 0 spiro atoms. The highest BCUT2D eigenvalue weighted by molar-refractivity contribution is 6.30. The number of carbonyl (C=O) groups excluding carboxylic acids is 1. The van der Waals surface area contributed by atoms with Crippen molar-refractivity contribution in [3.63, 3.8) is 0 Å². The van der Waals surface area contributed by atoms with Crippen LogP contribution in [0.1, 0.15) is 16.7 Å². The van der Waals surface area contributed by atoms with Gasteiger partial charge in [0.15, 0.2) is 0 Å². The van der Waals surface area contributed by atoms with Crippen LogP contribution in [0.4, 0.5) is 5.69 Å². The predicted molar refractivity (Wildman–Crippen MR) is 89.6 cm³/mol. The summed E-state index contributed by atoms with van der Waals surface area (Å²) in [6, 6.07) is 14.5. The van der Waals surface area contributed by atoms with Gasteiger partial charge in [0.05, 0.1) is 0 Å². The van der Waals surface area contributed by atoms with Crippen molar-refractivity contribution in [3.8, 4) is 6.07 Å². The number of halogens is 1. The van der Waals surface area contributed by atoms with E-state index in [4.69, 9.17) is 11.6 Å². The van der Waals surface area contributed by atoms with Gasteiger partial charge in [-0.15, -0.1) is 0 Å². The molecule has 2 aromatic carbocycles. The van der Waals surface area contributed by atoms with Gasteiger partial charge in [0, 0.05) is 10.7 Å². The minimum absolute atomic E-state index is 0.0447. The molecular formula is C18H15ClN2O. The number of carbonyl (C=O) groups is 1. The largest absolute Gasteiger partial charge is 0.321 e. The zero-order chi connectivity index (χ0) is 16.1. The van der Waals surface area contributed by atoms with Gasteiger partial charge in [-0.3, -0.25) is 4.79 Å². The summed E-state index contributed by atoms with van der Waals surface area (Å²) in [5.74, 6) is -0.425. The molecule has 0 aromatic heterocycles. The summed E-state index contributed by atoms with van der Waals surface area (Å²) in [4.78, 5) is 12.3. The van der Waals surface area contributed by atoms with Crippen molar-refractivity contribution in [2.75, 3.05) is 5.32 Å². The molecule has 2 aromatic rings. The highest BCUT2D eigenvalue weighted by atomic mass is 35.5. The van der Waals surface area contributed by atoms with Gasteiger partial charge in [-0.2, -0.15) is 5.26 Å². The SMILES string of the molecule is Cc1cccc(NC(=O)/C(C#N)=C/c2ccc(Cl)cc2)c1C. The molecule has 2 rings (SSSR count). The van der Waals surface area contributed by atoms with Crippen LogP contribution < -0.4 is 5.32 Å². The molecule has 22 heavy (non-hydrogen) atoms. The maximum atomic E-state index is 12.3. The first-order chi connectivity index (χ1) is 10.5. The Morgan fingerprint density at radius 1 is 1.18 bits per heavy atom. The minimum Gasteiger partial charge on any atom is -0.321 e. The highest BCUT2D eigenvalue weighted by Gasteiger charge is 2.11. The molecule has 0 fully saturated rings. The number of amides is 1. The second-order valence-corrected chi connectivity index (χ2v) is 5.36. The van der Waals surface area contributed by atoms with E-state index in [1.807, 2.05) is 38.1 Å². The first kappa shape index (κ1) is 15.8. The number of aryl methyl sites for hydroxylation is 1. The van der Waals surface area contributed by atoms with Crippen LogP contribution in [0.3, 0.4) is 0 Å². The van der Waals surface area contributed by atoms with Gasteiger partial charge in [-0.1, -0.05) is 35.9 Å². The van der Waals surface area contributed by atoms with E-state index in [-0.39, 0.29) is 5.57 Å². The lowest BCUT2D eigenvalue weighted by Crippen LogP contribution is -2.14. The van der Waals surface area contributed by atoms with E-state index in [2.05, 4.69) is 5.32 Å². The van der Waals surface area contributed by atoms with E-state index in [9.17, 15) is 10.1 Å². The third kappa shape index (κ3) is 3.75. The predicted octanol–water partition coefficient (Wildman–Crippen LogP) is 4.50. The van der Waals surface area contributed by atoms with Crippen molar-refractivity contribution >= 4 is 29.3 Å². The van der Waals surface area contributed by atoms with E-state index in [1.165, 1.54) is 6.08 Å². The number of nitriles is 1.